The highest BCUT2D eigenvalue weighted by Gasteiger charge is 2.11. The number of rotatable bonds is 3. The summed E-state index contributed by atoms with van der Waals surface area (Å²) in [5, 5.41) is 0. The van der Waals surface area contributed by atoms with Gasteiger partial charge in [-0.15, -0.1) is 0 Å². The fourth-order valence-corrected chi connectivity index (χ4v) is 2.41. The van der Waals surface area contributed by atoms with Crippen LogP contribution in [0.2, 0.25) is 0 Å². The van der Waals surface area contributed by atoms with E-state index in [1.54, 1.807) is 18.5 Å². The lowest BCUT2D eigenvalue weighted by Crippen LogP contribution is -2.03. The molecule has 0 amide bonds. The average Bonchev–Trinajstić information content (AvgIpc) is 2.75. The second kappa shape index (κ2) is 5.25. The van der Waals surface area contributed by atoms with Crippen molar-refractivity contribution in [2.45, 2.75) is 13.5 Å². The predicted octanol–water partition coefficient (Wildman–Crippen LogP) is 2.99. The van der Waals surface area contributed by atoms with Gasteiger partial charge in [0.1, 0.15) is 0 Å². The van der Waals surface area contributed by atoms with E-state index in [-0.39, 0.29) is 5.75 Å². The number of nitrogens with zero attached hydrogens (tertiary/aromatic N) is 3. The third kappa shape index (κ3) is 2.52. The van der Waals surface area contributed by atoms with Crippen LogP contribution in [0, 0.1) is 17.5 Å². The molecule has 0 saturated carbocycles. The zero-order valence-electron chi connectivity index (χ0n) is 11.6. The van der Waals surface area contributed by atoms with E-state index < -0.39 is 5.82 Å². The highest BCUT2D eigenvalue weighted by atomic mass is 32.1. The van der Waals surface area contributed by atoms with Crippen LogP contribution in [0.1, 0.15) is 11.4 Å². The second-order valence-electron chi connectivity index (χ2n) is 4.67. The highest BCUT2D eigenvalue weighted by Crippen LogP contribution is 2.24. The molecule has 0 aliphatic heterocycles. The van der Waals surface area contributed by atoms with E-state index in [4.69, 9.17) is 17.0 Å². The summed E-state index contributed by atoms with van der Waals surface area (Å²) in [6, 6.07) is 3.00. The first-order valence-electron chi connectivity index (χ1n) is 6.32. The van der Waals surface area contributed by atoms with Gasteiger partial charge < -0.3 is 14.3 Å². The fraction of sp³-hybridized carbons (Fsp3) is 0.214. The van der Waals surface area contributed by atoms with Crippen molar-refractivity contribution in [2.75, 3.05) is 7.11 Å². The molecule has 0 bridgehead atoms. The van der Waals surface area contributed by atoms with Crippen LogP contribution in [0.3, 0.4) is 0 Å². The molecule has 2 aromatic heterocycles. The Bertz CT molecular complexity index is 854. The van der Waals surface area contributed by atoms with Crippen molar-refractivity contribution in [3.05, 3.63) is 46.5 Å². The van der Waals surface area contributed by atoms with Gasteiger partial charge in [0.05, 0.1) is 42.3 Å². The van der Waals surface area contributed by atoms with Gasteiger partial charge in [0.25, 0.3) is 0 Å². The van der Waals surface area contributed by atoms with Crippen LogP contribution >= 0.6 is 12.2 Å². The van der Waals surface area contributed by atoms with Gasteiger partial charge in [-0.05, 0) is 19.1 Å². The Balaban J connectivity index is 2.11. The molecule has 0 atom stereocenters. The van der Waals surface area contributed by atoms with E-state index in [1.165, 1.54) is 13.2 Å². The summed E-state index contributed by atoms with van der Waals surface area (Å²) in [6.07, 6.45) is 3.41. The molecular formula is C14H13FN4OS. The quantitative estimate of drug-likeness (QED) is 0.756. The molecule has 3 aromatic rings. The third-order valence-corrected chi connectivity index (χ3v) is 3.52. The maximum atomic E-state index is 13.7. The molecule has 1 aromatic carbocycles. The van der Waals surface area contributed by atoms with E-state index >= 15 is 0 Å². The summed E-state index contributed by atoms with van der Waals surface area (Å²) in [6.45, 7) is 2.34. The maximum absolute atomic E-state index is 13.7. The fourth-order valence-electron chi connectivity index (χ4n) is 2.13. The molecular weight excluding hydrogens is 291 g/mol. The number of fused-ring (bicyclic) bond motifs is 1. The van der Waals surface area contributed by atoms with Crippen molar-refractivity contribution in [3.63, 3.8) is 0 Å². The van der Waals surface area contributed by atoms with E-state index in [9.17, 15) is 4.39 Å². The van der Waals surface area contributed by atoms with E-state index in [0.29, 0.717) is 16.8 Å². The van der Waals surface area contributed by atoms with Crippen molar-refractivity contribution in [1.82, 2.24) is 19.5 Å². The summed E-state index contributed by atoms with van der Waals surface area (Å²) in [4.78, 5) is 11.5. The smallest absolute Gasteiger partial charge is 0.178 e. The minimum Gasteiger partial charge on any atom is -0.494 e. The van der Waals surface area contributed by atoms with Crippen LogP contribution < -0.4 is 4.74 Å². The SMILES string of the molecule is COc1cc2c(cc1F)[nH]c(=S)n2Cc1cnc(C)cn1. The molecule has 0 saturated heterocycles. The third-order valence-electron chi connectivity index (χ3n) is 3.20. The van der Waals surface area contributed by atoms with Crippen LogP contribution in [-0.4, -0.2) is 26.6 Å². The lowest BCUT2D eigenvalue weighted by molar-refractivity contribution is 0.387. The van der Waals surface area contributed by atoms with Gasteiger partial charge in [-0.3, -0.25) is 9.97 Å². The monoisotopic (exact) mass is 304 g/mol. The van der Waals surface area contributed by atoms with Crippen LogP contribution in [-0.2, 0) is 6.54 Å². The molecule has 0 aliphatic carbocycles. The van der Waals surface area contributed by atoms with Crippen LogP contribution in [0.5, 0.6) is 5.75 Å². The number of aromatic amines is 1. The highest BCUT2D eigenvalue weighted by molar-refractivity contribution is 7.71. The van der Waals surface area contributed by atoms with Crippen molar-refractivity contribution < 1.29 is 9.13 Å². The number of hydrogen-bond acceptors (Lipinski definition) is 4. The molecule has 108 valence electrons. The molecule has 21 heavy (non-hydrogen) atoms. The average molecular weight is 304 g/mol. The van der Waals surface area contributed by atoms with Gasteiger partial charge in [0.15, 0.2) is 16.3 Å². The van der Waals surface area contributed by atoms with Crippen molar-refractivity contribution in [3.8, 4) is 5.75 Å². The lowest BCUT2D eigenvalue weighted by atomic mass is 10.2. The minimum absolute atomic E-state index is 0.181. The molecule has 1 N–H and O–H groups in total. The summed E-state index contributed by atoms with van der Waals surface area (Å²) in [7, 11) is 1.43. The Morgan fingerprint density at radius 2 is 2.14 bits per heavy atom. The number of ether oxygens (including phenoxy) is 1. The molecule has 0 radical (unpaired) electrons. The van der Waals surface area contributed by atoms with Gasteiger partial charge in [-0.25, -0.2) is 4.39 Å². The number of H-pyrrole nitrogens is 1. The van der Waals surface area contributed by atoms with Crippen LogP contribution in [0.25, 0.3) is 11.0 Å². The van der Waals surface area contributed by atoms with Crippen LogP contribution in [0.4, 0.5) is 4.39 Å². The number of halogens is 1. The van der Waals surface area contributed by atoms with Gasteiger partial charge in [0.2, 0.25) is 0 Å². The summed E-state index contributed by atoms with van der Waals surface area (Å²) >= 11 is 5.30. The van der Waals surface area contributed by atoms with Gasteiger partial charge in [-0.2, -0.15) is 0 Å². The van der Waals surface area contributed by atoms with Gasteiger partial charge in [-0.1, -0.05) is 0 Å². The van der Waals surface area contributed by atoms with Crippen molar-refractivity contribution in [2.24, 2.45) is 0 Å². The zero-order chi connectivity index (χ0) is 15.0. The number of aromatic nitrogens is 4. The first kappa shape index (κ1) is 13.7. The summed E-state index contributed by atoms with van der Waals surface area (Å²) in [5.74, 6) is -0.247. The lowest BCUT2D eigenvalue weighted by Gasteiger charge is -2.06. The summed E-state index contributed by atoms with van der Waals surface area (Å²) < 4.78 is 21.1. The topological polar surface area (TPSA) is 55.7 Å². The first-order chi connectivity index (χ1) is 10.1. The Morgan fingerprint density at radius 3 is 2.81 bits per heavy atom. The number of methoxy groups -OCH3 is 1. The Hall–Kier alpha value is -2.28. The van der Waals surface area contributed by atoms with Crippen molar-refractivity contribution >= 4 is 23.3 Å². The zero-order valence-corrected chi connectivity index (χ0v) is 12.4. The van der Waals surface area contributed by atoms with E-state index in [1.807, 2.05) is 11.5 Å². The largest absolute Gasteiger partial charge is 0.494 e. The molecule has 7 heteroatoms. The molecule has 5 nitrogen and oxygen atoms in total. The first-order valence-corrected chi connectivity index (χ1v) is 6.73. The predicted molar refractivity (Wildman–Crippen MR) is 79.5 cm³/mol. The number of hydrogen-bond donors (Lipinski definition) is 1. The minimum atomic E-state index is -0.427. The Morgan fingerprint density at radius 1 is 1.33 bits per heavy atom. The molecule has 0 unspecified atom stereocenters. The molecule has 3 rings (SSSR count). The van der Waals surface area contributed by atoms with E-state index in [2.05, 4.69) is 15.0 Å². The van der Waals surface area contributed by atoms with Crippen LogP contribution in [0.15, 0.2) is 24.5 Å². The normalized spacial score (nSPS) is 11.0. The number of nitrogens with one attached hydrogen (secondary N) is 1. The molecule has 0 spiro atoms. The standard InChI is InChI=1S/C14H13FN4OS/c1-8-5-17-9(6-16-8)7-19-12-4-13(20-2)10(15)3-11(12)18-14(19)21/h3-6H,7H2,1-2H3,(H,18,21). The Kier molecular flexibility index (Phi) is 3.42. The number of imidazole rings is 1. The Labute approximate surface area is 125 Å². The second-order valence-corrected chi connectivity index (χ2v) is 5.06. The molecule has 2 heterocycles. The summed E-state index contributed by atoms with van der Waals surface area (Å²) in [5.41, 5.74) is 3.02. The van der Waals surface area contributed by atoms with Crippen molar-refractivity contribution in [1.29, 1.82) is 0 Å². The maximum Gasteiger partial charge on any atom is 0.178 e. The molecule has 0 aliphatic rings. The number of aryl methyl sites for hydroxylation is 1. The van der Waals surface area contributed by atoms with Gasteiger partial charge >= 0.3 is 0 Å². The number of benzene rings is 1. The van der Waals surface area contributed by atoms with Gasteiger partial charge in [0, 0.05) is 18.3 Å². The molecule has 0 fully saturated rings. The van der Waals surface area contributed by atoms with E-state index in [0.717, 1.165) is 16.9 Å².